The van der Waals surface area contributed by atoms with Crippen molar-refractivity contribution in [2.24, 2.45) is 0 Å². The van der Waals surface area contributed by atoms with Crippen LogP contribution in [-0.4, -0.2) is 62.2 Å². The molecule has 3 aromatic carbocycles. The van der Waals surface area contributed by atoms with Gasteiger partial charge in [0.2, 0.25) is 5.76 Å². The fraction of sp³-hybridized carbons (Fsp3) is 0.286. The van der Waals surface area contributed by atoms with E-state index in [1.165, 1.54) is 0 Å². The van der Waals surface area contributed by atoms with Crippen molar-refractivity contribution in [3.8, 4) is 5.75 Å². The van der Waals surface area contributed by atoms with Crippen molar-refractivity contribution in [2.75, 3.05) is 46.5 Å². The highest BCUT2D eigenvalue weighted by Gasteiger charge is 2.43. The van der Waals surface area contributed by atoms with Crippen LogP contribution in [0.4, 0.5) is 0 Å². The third kappa shape index (κ3) is 3.59. The van der Waals surface area contributed by atoms with Crippen molar-refractivity contribution >= 4 is 27.6 Å². The van der Waals surface area contributed by atoms with Gasteiger partial charge in [-0.25, -0.2) is 0 Å². The molecule has 0 saturated carbocycles. The fourth-order valence-corrected chi connectivity index (χ4v) is 5.27. The number of para-hydroxylation sites is 1. The second-order valence-electron chi connectivity index (χ2n) is 8.93. The number of hydrogen-bond donors (Lipinski definition) is 0. The number of morpholine rings is 1. The molecule has 6 rings (SSSR count). The predicted molar refractivity (Wildman–Crippen MR) is 133 cm³/mol. The molecule has 0 bridgehead atoms. The monoisotopic (exact) mass is 470 g/mol. The molecule has 1 saturated heterocycles. The van der Waals surface area contributed by atoms with Crippen LogP contribution < -0.4 is 10.2 Å². The van der Waals surface area contributed by atoms with Gasteiger partial charge in [0, 0.05) is 37.1 Å². The van der Waals surface area contributed by atoms with E-state index in [2.05, 4.69) is 4.90 Å². The molecule has 0 spiro atoms. The summed E-state index contributed by atoms with van der Waals surface area (Å²) in [5, 5.41) is 2.25. The van der Waals surface area contributed by atoms with E-state index in [-0.39, 0.29) is 17.1 Å². The number of hydrogen-bond acceptors (Lipinski definition) is 6. The van der Waals surface area contributed by atoms with Gasteiger partial charge in [0.25, 0.3) is 5.91 Å². The summed E-state index contributed by atoms with van der Waals surface area (Å²) >= 11 is 0. The Balaban J connectivity index is 1.53. The maximum atomic E-state index is 13.9. The zero-order chi connectivity index (χ0) is 23.9. The SMILES string of the molecule is COc1ccccc1C1c2c(oc3c(ccc4ccccc43)c2=O)C(=O)N1CCN1CCOCC1. The molecule has 2 aliphatic heterocycles. The highest BCUT2D eigenvalue weighted by atomic mass is 16.5. The Morgan fingerprint density at radius 1 is 0.914 bits per heavy atom. The molecular formula is C28H26N2O5. The molecule has 3 heterocycles. The number of fused-ring (bicyclic) bond motifs is 4. The summed E-state index contributed by atoms with van der Waals surface area (Å²) in [6, 6.07) is 18.4. The lowest BCUT2D eigenvalue weighted by molar-refractivity contribution is 0.0314. The van der Waals surface area contributed by atoms with Gasteiger partial charge in [0.1, 0.15) is 11.3 Å². The van der Waals surface area contributed by atoms with Crippen molar-refractivity contribution in [3.63, 3.8) is 0 Å². The topological polar surface area (TPSA) is 72.2 Å². The van der Waals surface area contributed by atoms with E-state index in [4.69, 9.17) is 13.9 Å². The van der Waals surface area contributed by atoms with E-state index in [1.807, 2.05) is 54.6 Å². The summed E-state index contributed by atoms with van der Waals surface area (Å²) in [6.07, 6.45) is 0. The summed E-state index contributed by atoms with van der Waals surface area (Å²) < 4.78 is 17.4. The second-order valence-corrected chi connectivity index (χ2v) is 8.93. The summed E-state index contributed by atoms with van der Waals surface area (Å²) in [5.74, 6) is 0.486. The molecule has 0 aliphatic carbocycles. The van der Waals surface area contributed by atoms with E-state index < -0.39 is 6.04 Å². The van der Waals surface area contributed by atoms with Crippen LogP contribution in [0.3, 0.4) is 0 Å². The first-order valence-corrected chi connectivity index (χ1v) is 11.9. The molecule has 7 heteroatoms. The van der Waals surface area contributed by atoms with Gasteiger partial charge in [-0.1, -0.05) is 48.5 Å². The lowest BCUT2D eigenvalue weighted by atomic mass is 9.97. The third-order valence-electron chi connectivity index (χ3n) is 7.05. The highest BCUT2D eigenvalue weighted by Crippen LogP contribution is 2.42. The number of ether oxygens (including phenoxy) is 2. The smallest absolute Gasteiger partial charge is 0.290 e. The highest BCUT2D eigenvalue weighted by molar-refractivity contribution is 6.06. The average Bonchev–Trinajstić information content (AvgIpc) is 3.19. The minimum absolute atomic E-state index is 0.122. The molecule has 7 nitrogen and oxygen atoms in total. The van der Waals surface area contributed by atoms with Crippen molar-refractivity contribution in [2.45, 2.75) is 6.04 Å². The number of carbonyl (C=O) groups is 1. The Kier molecular flexibility index (Phi) is 5.51. The number of carbonyl (C=O) groups excluding carboxylic acids is 1. The molecule has 1 atom stereocenters. The zero-order valence-electron chi connectivity index (χ0n) is 19.5. The Labute approximate surface area is 202 Å². The first kappa shape index (κ1) is 21.8. The van der Waals surface area contributed by atoms with Gasteiger partial charge in [0.15, 0.2) is 5.43 Å². The van der Waals surface area contributed by atoms with Crippen molar-refractivity contribution in [1.82, 2.24) is 9.80 Å². The molecule has 1 aromatic heterocycles. The largest absolute Gasteiger partial charge is 0.496 e. The quantitative estimate of drug-likeness (QED) is 0.413. The first-order chi connectivity index (χ1) is 17.2. The number of methoxy groups -OCH3 is 1. The van der Waals surface area contributed by atoms with Gasteiger partial charge >= 0.3 is 0 Å². The number of nitrogens with zero attached hydrogens (tertiary/aromatic N) is 2. The summed E-state index contributed by atoms with van der Waals surface area (Å²) in [6.45, 7) is 4.15. The maximum absolute atomic E-state index is 13.9. The van der Waals surface area contributed by atoms with E-state index in [9.17, 15) is 9.59 Å². The van der Waals surface area contributed by atoms with Gasteiger partial charge in [-0.05, 0) is 17.5 Å². The van der Waals surface area contributed by atoms with Gasteiger partial charge in [-0.2, -0.15) is 0 Å². The average molecular weight is 471 g/mol. The third-order valence-corrected chi connectivity index (χ3v) is 7.05. The van der Waals surface area contributed by atoms with Gasteiger partial charge in [0.05, 0.1) is 37.3 Å². The van der Waals surface area contributed by atoms with Gasteiger partial charge in [-0.15, -0.1) is 0 Å². The molecule has 0 radical (unpaired) electrons. The van der Waals surface area contributed by atoms with Crippen molar-refractivity contribution in [1.29, 1.82) is 0 Å². The Hall–Kier alpha value is -3.68. The normalized spacial score (nSPS) is 18.4. The fourth-order valence-electron chi connectivity index (χ4n) is 5.27. The second kappa shape index (κ2) is 8.83. The van der Waals surface area contributed by atoms with Crippen LogP contribution in [0.5, 0.6) is 5.75 Å². The minimum atomic E-state index is -0.582. The van der Waals surface area contributed by atoms with E-state index >= 15 is 0 Å². The van der Waals surface area contributed by atoms with Crippen molar-refractivity contribution in [3.05, 3.63) is 87.8 Å². The number of rotatable bonds is 5. The summed E-state index contributed by atoms with van der Waals surface area (Å²) in [4.78, 5) is 31.8. The molecule has 1 amide bonds. The van der Waals surface area contributed by atoms with Crippen LogP contribution in [-0.2, 0) is 4.74 Å². The van der Waals surface area contributed by atoms with E-state index in [0.29, 0.717) is 48.6 Å². The predicted octanol–water partition coefficient (Wildman–Crippen LogP) is 3.83. The van der Waals surface area contributed by atoms with Gasteiger partial charge < -0.3 is 18.8 Å². The van der Waals surface area contributed by atoms with Gasteiger partial charge in [-0.3, -0.25) is 14.5 Å². The zero-order valence-corrected chi connectivity index (χ0v) is 19.5. The Bertz CT molecular complexity index is 1490. The standard InChI is InChI=1S/C28H26N2O5/c1-33-22-9-5-4-8-20(22)24-23-25(31)21-11-10-18-6-2-3-7-19(18)26(21)35-27(23)28(32)30(24)13-12-29-14-16-34-17-15-29/h2-11,24H,12-17H2,1H3. The van der Waals surface area contributed by atoms with E-state index in [1.54, 1.807) is 18.1 Å². The lowest BCUT2D eigenvalue weighted by Crippen LogP contribution is -2.42. The number of benzene rings is 3. The van der Waals surface area contributed by atoms with Crippen LogP contribution in [0.25, 0.3) is 21.7 Å². The first-order valence-electron chi connectivity index (χ1n) is 11.9. The summed E-state index contributed by atoms with van der Waals surface area (Å²) in [7, 11) is 1.60. The minimum Gasteiger partial charge on any atom is -0.496 e. The maximum Gasteiger partial charge on any atom is 0.290 e. The van der Waals surface area contributed by atoms with Crippen LogP contribution >= 0.6 is 0 Å². The number of amides is 1. The Morgan fingerprint density at radius 3 is 2.51 bits per heavy atom. The van der Waals surface area contributed by atoms with Crippen LogP contribution in [0.2, 0.25) is 0 Å². The molecule has 178 valence electrons. The molecule has 4 aromatic rings. The van der Waals surface area contributed by atoms with Crippen molar-refractivity contribution < 1.29 is 18.7 Å². The van der Waals surface area contributed by atoms with Crippen LogP contribution in [0, 0.1) is 0 Å². The van der Waals surface area contributed by atoms with E-state index in [0.717, 1.165) is 29.4 Å². The molecule has 2 aliphatic rings. The summed E-state index contributed by atoms with van der Waals surface area (Å²) in [5.41, 5.74) is 1.43. The molecule has 0 N–H and O–H groups in total. The molecular weight excluding hydrogens is 444 g/mol. The molecule has 35 heavy (non-hydrogen) atoms. The molecule has 1 unspecified atom stereocenters. The Morgan fingerprint density at radius 2 is 1.69 bits per heavy atom. The van der Waals surface area contributed by atoms with Crippen LogP contribution in [0.1, 0.15) is 27.7 Å². The lowest BCUT2D eigenvalue weighted by Gasteiger charge is -2.31. The molecule has 1 fully saturated rings. The van der Waals surface area contributed by atoms with Crippen LogP contribution in [0.15, 0.2) is 69.9 Å².